The minimum Gasteiger partial charge on any atom is -0.491 e. The lowest BCUT2D eigenvalue weighted by Gasteiger charge is -2.22. The first-order valence-corrected chi connectivity index (χ1v) is 10.8. The zero-order chi connectivity index (χ0) is 23.8. The lowest BCUT2D eigenvalue weighted by Crippen LogP contribution is -2.40. The first kappa shape index (κ1) is 25.1. The summed E-state index contributed by atoms with van der Waals surface area (Å²) in [4.78, 5) is 41.0. The number of benzene rings is 1. The maximum Gasteiger partial charge on any atom is 0.330 e. The molecule has 0 fully saturated rings. The maximum atomic E-state index is 12.9. The number of H-pyrrole nitrogens is 1. The number of carbonyl (C=O) groups is 1. The number of likely N-dealkylation sites (N-methyl/N-ethyl adjacent to an activating group) is 1. The van der Waals surface area contributed by atoms with Crippen LogP contribution in [0.15, 0.2) is 27.8 Å². The zero-order valence-electron chi connectivity index (χ0n) is 18.7. The highest BCUT2D eigenvalue weighted by molar-refractivity contribution is 6.32. The Labute approximate surface area is 191 Å². The van der Waals surface area contributed by atoms with Crippen molar-refractivity contribution in [3.8, 4) is 11.5 Å². The summed E-state index contributed by atoms with van der Waals surface area (Å²) in [5, 5.41) is 0.335. The molecule has 3 N–H and O–H groups in total. The van der Waals surface area contributed by atoms with Crippen molar-refractivity contribution >= 4 is 35.1 Å². The third-order valence-electron chi connectivity index (χ3n) is 4.76. The predicted molar refractivity (Wildman–Crippen MR) is 127 cm³/mol. The van der Waals surface area contributed by atoms with Crippen LogP contribution in [0.3, 0.4) is 0 Å². The molecular formula is C22H29ClN4O5. The molecule has 0 aliphatic carbocycles. The molecule has 2 aromatic rings. The molecule has 1 heterocycles. The van der Waals surface area contributed by atoms with Crippen molar-refractivity contribution in [3.63, 3.8) is 0 Å². The number of hydrogen-bond donors (Lipinski definition) is 2. The number of anilines is 2. The highest BCUT2D eigenvalue weighted by Crippen LogP contribution is 2.36. The molecule has 2 rings (SSSR count). The van der Waals surface area contributed by atoms with Crippen LogP contribution < -0.4 is 31.4 Å². The number of carbonyl (C=O) groups excluding carboxylic acids is 1. The van der Waals surface area contributed by atoms with Crippen LogP contribution in [0.25, 0.3) is 6.08 Å². The number of rotatable bonds is 10. The number of amides is 1. The molecule has 0 atom stereocenters. The van der Waals surface area contributed by atoms with Crippen LogP contribution in [-0.4, -0.2) is 35.7 Å². The molecule has 0 saturated heterocycles. The molecule has 0 radical (unpaired) electrons. The molecule has 174 valence electrons. The number of unbranched alkanes of at least 4 members (excludes halogenated alkanes) is 1. The van der Waals surface area contributed by atoms with Crippen LogP contribution in [0.4, 0.5) is 11.5 Å². The average molecular weight is 465 g/mol. The lowest BCUT2D eigenvalue weighted by atomic mass is 10.1. The maximum absolute atomic E-state index is 12.9. The van der Waals surface area contributed by atoms with E-state index in [0.717, 1.165) is 6.42 Å². The molecule has 1 amide bonds. The van der Waals surface area contributed by atoms with Crippen molar-refractivity contribution in [2.45, 2.75) is 40.2 Å². The molecule has 10 heteroatoms. The summed E-state index contributed by atoms with van der Waals surface area (Å²) >= 11 is 6.26. The van der Waals surface area contributed by atoms with E-state index in [0.29, 0.717) is 41.7 Å². The van der Waals surface area contributed by atoms with Gasteiger partial charge in [0.1, 0.15) is 5.82 Å². The summed E-state index contributed by atoms with van der Waals surface area (Å²) in [6.07, 6.45) is 4.40. The van der Waals surface area contributed by atoms with E-state index in [1.54, 1.807) is 25.1 Å². The van der Waals surface area contributed by atoms with Gasteiger partial charge in [0.15, 0.2) is 17.2 Å². The van der Waals surface area contributed by atoms with Gasteiger partial charge in [-0.2, -0.15) is 0 Å². The number of nitrogen functional groups attached to an aromatic ring is 1. The largest absolute Gasteiger partial charge is 0.491 e. The summed E-state index contributed by atoms with van der Waals surface area (Å²) < 4.78 is 12.1. The van der Waals surface area contributed by atoms with E-state index < -0.39 is 17.2 Å². The number of nitrogens with zero attached hydrogens (tertiary/aromatic N) is 2. The van der Waals surface area contributed by atoms with E-state index in [1.807, 2.05) is 13.8 Å². The summed E-state index contributed by atoms with van der Waals surface area (Å²) in [5.74, 6) is 0.337. The second-order valence-electron chi connectivity index (χ2n) is 6.88. The van der Waals surface area contributed by atoms with Crippen LogP contribution >= 0.6 is 11.6 Å². The van der Waals surface area contributed by atoms with Crippen molar-refractivity contribution in [1.82, 2.24) is 9.55 Å². The van der Waals surface area contributed by atoms with E-state index >= 15 is 0 Å². The molecule has 1 aromatic carbocycles. The fourth-order valence-electron chi connectivity index (χ4n) is 3.20. The Morgan fingerprint density at radius 2 is 2.00 bits per heavy atom. The van der Waals surface area contributed by atoms with Gasteiger partial charge in [-0.25, -0.2) is 4.79 Å². The number of ether oxygens (including phenoxy) is 2. The van der Waals surface area contributed by atoms with Gasteiger partial charge in [-0.3, -0.25) is 19.1 Å². The van der Waals surface area contributed by atoms with Gasteiger partial charge in [0.05, 0.1) is 18.7 Å². The molecule has 0 unspecified atom stereocenters. The molecule has 1 aromatic heterocycles. The molecule has 0 aliphatic heterocycles. The third-order valence-corrected chi connectivity index (χ3v) is 5.04. The Hall–Kier alpha value is -3.20. The Bertz CT molecular complexity index is 1110. The van der Waals surface area contributed by atoms with Crippen LogP contribution in [0.5, 0.6) is 11.5 Å². The predicted octanol–water partition coefficient (Wildman–Crippen LogP) is 3.05. The van der Waals surface area contributed by atoms with E-state index in [4.69, 9.17) is 26.8 Å². The minimum absolute atomic E-state index is 0.0399. The normalized spacial score (nSPS) is 11.0. The lowest BCUT2D eigenvalue weighted by molar-refractivity contribution is -0.114. The molecule has 0 saturated carbocycles. The van der Waals surface area contributed by atoms with Gasteiger partial charge in [0.25, 0.3) is 11.5 Å². The van der Waals surface area contributed by atoms with Crippen molar-refractivity contribution in [2.75, 3.05) is 30.9 Å². The standard InChI is InChI=1S/C22H29ClN4O5/c1-5-8-11-27-20(24)18(21(29)25-22(27)30)26(6-2)17(28)10-9-14-12-15(23)19(31-4)16(13-14)32-7-3/h9-10,12-13H,5-8,11,24H2,1-4H3,(H,25,29,30)/b10-9+. The van der Waals surface area contributed by atoms with Gasteiger partial charge in [0.2, 0.25) is 0 Å². The van der Waals surface area contributed by atoms with Crippen LogP contribution in [0.2, 0.25) is 5.02 Å². The van der Waals surface area contributed by atoms with Gasteiger partial charge in [-0.1, -0.05) is 24.9 Å². The fourth-order valence-corrected chi connectivity index (χ4v) is 3.50. The number of nitrogens with two attached hydrogens (primary N) is 1. The van der Waals surface area contributed by atoms with Crippen LogP contribution in [-0.2, 0) is 11.3 Å². The summed E-state index contributed by atoms with van der Waals surface area (Å²) in [7, 11) is 1.49. The van der Waals surface area contributed by atoms with Gasteiger partial charge >= 0.3 is 5.69 Å². The first-order chi connectivity index (χ1) is 15.3. The highest BCUT2D eigenvalue weighted by atomic mass is 35.5. The third kappa shape index (κ3) is 5.53. The topological polar surface area (TPSA) is 120 Å². The van der Waals surface area contributed by atoms with E-state index in [1.165, 1.54) is 22.7 Å². The Morgan fingerprint density at radius 1 is 1.28 bits per heavy atom. The SMILES string of the molecule is CCCCn1c(N)c(N(CC)C(=O)/C=C/c2cc(Cl)c(OC)c(OCC)c2)c(=O)[nH]c1=O. The molecule has 32 heavy (non-hydrogen) atoms. The molecule has 0 aliphatic rings. The van der Waals surface area contributed by atoms with E-state index in [-0.39, 0.29) is 18.1 Å². The average Bonchev–Trinajstić information content (AvgIpc) is 2.75. The van der Waals surface area contributed by atoms with Gasteiger partial charge < -0.3 is 20.1 Å². The molecule has 0 spiro atoms. The number of hydrogen-bond acceptors (Lipinski definition) is 6. The van der Waals surface area contributed by atoms with Crippen LogP contribution in [0.1, 0.15) is 39.2 Å². The monoisotopic (exact) mass is 464 g/mol. The summed E-state index contributed by atoms with van der Waals surface area (Å²) in [6, 6.07) is 3.33. The molecular weight excluding hydrogens is 436 g/mol. The number of methoxy groups -OCH3 is 1. The number of nitrogens with one attached hydrogen (secondary N) is 1. The Kier molecular flexibility index (Phi) is 8.95. The van der Waals surface area contributed by atoms with Gasteiger partial charge in [-0.05, 0) is 44.0 Å². The zero-order valence-corrected chi connectivity index (χ0v) is 19.5. The van der Waals surface area contributed by atoms with Crippen LogP contribution in [0, 0.1) is 0 Å². The Balaban J connectivity index is 2.42. The number of aromatic nitrogens is 2. The fraction of sp³-hybridized carbons (Fsp3) is 0.409. The van der Waals surface area contributed by atoms with Crippen molar-refractivity contribution < 1.29 is 14.3 Å². The molecule has 9 nitrogen and oxygen atoms in total. The van der Waals surface area contributed by atoms with Crippen molar-refractivity contribution in [2.24, 2.45) is 0 Å². The molecule has 0 bridgehead atoms. The summed E-state index contributed by atoms with van der Waals surface area (Å²) in [6.45, 7) is 6.46. The number of aromatic amines is 1. The van der Waals surface area contributed by atoms with Crippen molar-refractivity contribution in [3.05, 3.63) is 49.6 Å². The second kappa shape index (κ2) is 11.4. The van der Waals surface area contributed by atoms with E-state index in [2.05, 4.69) is 4.98 Å². The summed E-state index contributed by atoms with van der Waals surface area (Å²) in [5.41, 5.74) is 5.37. The van der Waals surface area contributed by atoms with Gasteiger partial charge in [-0.15, -0.1) is 0 Å². The van der Waals surface area contributed by atoms with Gasteiger partial charge in [0, 0.05) is 19.2 Å². The van der Waals surface area contributed by atoms with E-state index in [9.17, 15) is 14.4 Å². The minimum atomic E-state index is -0.713. The highest BCUT2D eigenvalue weighted by Gasteiger charge is 2.21. The second-order valence-corrected chi connectivity index (χ2v) is 7.29. The smallest absolute Gasteiger partial charge is 0.330 e. The quantitative estimate of drug-likeness (QED) is 0.521. The first-order valence-electron chi connectivity index (χ1n) is 10.4. The number of halogens is 1. The Morgan fingerprint density at radius 3 is 2.59 bits per heavy atom. The van der Waals surface area contributed by atoms with Crippen molar-refractivity contribution in [1.29, 1.82) is 0 Å².